The van der Waals surface area contributed by atoms with Crippen molar-refractivity contribution >= 4 is 10.0 Å². The third-order valence-corrected chi connectivity index (χ3v) is 7.05. The molecule has 1 saturated carbocycles. The van der Waals surface area contributed by atoms with E-state index in [4.69, 9.17) is 0 Å². The zero-order valence-corrected chi connectivity index (χ0v) is 15.1. The average Bonchev–Trinajstić information content (AvgIpc) is 2.46. The summed E-state index contributed by atoms with van der Waals surface area (Å²) >= 11 is 0. The second-order valence-corrected chi connectivity index (χ2v) is 9.98. The SMILES string of the molecule is CC1(C)CN(S(C)(=O)=O)CC2CN(C3CCCCC3)CCN21. The van der Waals surface area contributed by atoms with Crippen LogP contribution in [0.3, 0.4) is 0 Å². The molecule has 0 bridgehead atoms. The zero-order chi connectivity index (χ0) is 16.0. The highest BCUT2D eigenvalue weighted by Crippen LogP contribution is 2.31. The first kappa shape index (κ1) is 16.7. The van der Waals surface area contributed by atoms with Gasteiger partial charge in [-0.15, -0.1) is 0 Å². The summed E-state index contributed by atoms with van der Waals surface area (Å²) in [5.74, 6) is 0. The predicted molar refractivity (Wildman–Crippen MR) is 89.4 cm³/mol. The molecule has 1 atom stereocenters. The van der Waals surface area contributed by atoms with Gasteiger partial charge in [0.2, 0.25) is 10.0 Å². The van der Waals surface area contributed by atoms with Crippen LogP contribution in [0, 0.1) is 0 Å². The minimum atomic E-state index is -3.10. The lowest BCUT2D eigenvalue weighted by Crippen LogP contribution is -2.70. The maximum Gasteiger partial charge on any atom is 0.211 e. The first-order chi connectivity index (χ1) is 10.3. The highest BCUT2D eigenvalue weighted by molar-refractivity contribution is 7.88. The van der Waals surface area contributed by atoms with E-state index in [1.54, 1.807) is 4.31 Å². The Morgan fingerprint density at radius 1 is 0.955 bits per heavy atom. The van der Waals surface area contributed by atoms with Crippen molar-refractivity contribution in [2.45, 2.75) is 63.6 Å². The molecule has 0 amide bonds. The molecular formula is C16H31N3O2S. The van der Waals surface area contributed by atoms with Crippen LogP contribution < -0.4 is 0 Å². The molecule has 3 rings (SSSR count). The fourth-order valence-electron chi connectivity index (χ4n) is 4.68. The maximum absolute atomic E-state index is 12.0. The molecule has 0 radical (unpaired) electrons. The molecule has 0 N–H and O–H groups in total. The third-order valence-electron chi connectivity index (χ3n) is 5.83. The molecule has 2 aliphatic heterocycles. The number of piperazine rings is 2. The van der Waals surface area contributed by atoms with Gasteiger partial charge in [0.1, 0.15) is 0 Å². The minimum absolute atomic E-state index is 0.0648. The topological polar surface area (TPSA) is 43.9 Å². The molecule has 6 heteroatoms. The molecule has 2 heterocycles. The first-order valence-electron chi connectivity index (χ1n) is 8.73. The van der Waals surface area contributed by atoms with Crippen LogP contribution >= 0.6 is 0 Å². The fourth-order valence-corrected chi connectivity index (χ4v) is 5.68. The average molecular weight is 330 g/mol. The smallest absolute Gasteiger partial charge is 0.211 e. The molecule has 0 aromatic heterocycles. The quantitative estimate of drug-likeness (QED) is 0.767. The number of hydrogen-bond donors (Lipinski definition) is 0. The van der Waals surface area contributed by atoms with E-state index < -0.39 is 10.0 Å². The van der Waals surface area contributed by atoms with Crippen LogP contribution in [0.25, 0.3) is 0 Å². The second-order valence-electron chi connectivity index (χ2n) is 8.00. The van der Waals surface area contributed by atoms with Gasteiger partial charge in [-0.05, 0) is 26.7 Å². The highest BCUT2D eigenvalue weighted by atomic mass is 32.2. The highest BCUT2D eigenvalue weighted by Gasteiger charge is 2.45. The minimum Gasteiger partial charge on any atom is -0.298 e. The summed E-state index contributed by atoms with van der Waals surface area (Å²) in [4.78, 5) is 5.19. The van der Waals surface area contributed by atoms with Crippen LogP contribution in [0.4, 0.5) is 0 Å². The van der Waals surface area contributed by atoms with Crippen LogP contribution in [-0.4, -0.2) is 79.1 Å². The zero-order valence-electron chi connectivity index (χ0n) is 14.3. The Balaban J connectivity index is 1.73. The Hall–Kier alpha value is -0.170. The van der Waals surface area contributed by atoms with E-state index in [9.17, 15) is 8.42 Å². The number of nitrogens with zero attached hydrogens (tertiary/aromatic N) is 3. The molecule has 128 valence electrons. The molecule has 0 aromatic carbocycles. The third kappa shape index (κ3) is 3.35. The van der Waals surface area contributed by atoms with Gasteiger partial charge in [-0.2, -0.15) is 4.31 Å². The summed E-state index contributed by atoms with van der Waals surface area (Å²) in [6.45, 7) is 8.90. The summed E-state index contributed by atoms with van der Waals surface area (Å²) in [5, 5.41) is 0. The van der Waals surface area contributed by atoms with Crippen LogP contribution in [0.5, 0.6) is 0 Å². The molecule has 2 saturated heterocycles. The van der Waals surface area contributed by atoms with Gasteiger partial charge in [-0.25, -0.2) is 8.42 Å². The van der Waals surface area contributed by atoms with Crippen LogP contribution in [0.1, 0.15) is 46.0 Å². The van der Waals surface area contributed by atoms with Gasteiger partial charge >= 0.3 is 0 Å². The van der Waals surface area contributed by atoms with E-state index in [0.29, 0.717) is 19.1 Å². The molecule has 3 aliphatic rings. The summed E-state index contributed by atoms with van der Waals surface area (Å²) < 4.78 is 25.7. The molecular weight excluding hydrogens is 298 g/mol. The van der Waals surface area contributed by atoms with Gasteiger partial charge in [0.25, 0.3) is 0 Å². The number of sulfonamides is 1. The van der Waals surface area contributed by atoms with Gasteiger partial charge in [-0.1, -0.05) is 19.3 Å². The summed E-state index contributed by atoms with van der Waals surface area (Å²) in [5.41, 5.74) is -0.0648. The number of hydrogen-bond acceptors (Lipinski definition) is 4. The molecule has 22 heavy (non-hydrogen) atoms. The van der Waals surface area contributed by atoms with Gasteiger partial charge in [-0.3, -0.25) is 9.80 Å². The van der Waals surface area contributed by atoms with E-state index in [-0.39, 0.29) is 5.54 Å². The van der Waals surface area contributed by atoms with E-state index in [2.05, 4.69) is 23.6 Å². The standard InChI is InChI=1S/C16H31N3O2S/c1-16(2)13-18(22(3,20)21)12-15-11-17(9-10-19(15)16)14-7-5-4-6-8-14/h14-15H,4-13H2,1-3H3. The first-order valence-corrected chi connectivity index (χ1v) is 10.6. The van der Waals surface area contributed by atoms with Gasteiger partial charge < -0.3 is 0 Å². The lowest BCUT2D eigenvalue weighted by Gasteiger charge is -2.56. The lowest BCUT2D eigenvalue weighted by atomic mass is 9.90. The second kappa shape index (κ2) is 6.04. The Labute approximate surface area is 135 Å². The molecule has 3 fully saturated rings. The molecule has 0 aromatic rings. The van der Waals surface area contributed by atoms with E-state index in [0.717, 1.165) is 25.7 Å². The summed E-state index contributed by atoms with van der Waals surface area (Å²) in [7, 11) is -3.10. The Morgan fingerprint density at radius 2 is 1.64 bits per heavy atom. The summed E-state index contributed by atoms with van der Waals surface area (Å²) in [6, 6.07) is 1.07. The van der Waals surface area contributed by atoms with Crippen molar-refractivity contribution in [3.05, 3.63) is 0 Å². The normalized spacial score (nSPS) is 32.8. The lowest BCUT2D eigenvalue weighted by molar-refractivity contribution is -0.0560. The van der Waals surface area contributed by atoms with E-state index >= 15 is 0 Å². The van der Waals surface area contributed by atoms with Crippen molar-refractivity contribution in [1.29, 1.82) is 0 Å². The van der Waals surface area contributed by atoms with Crippen molar-refractivity contribution in [3.63, 3.8) is 0 Å². The van der Waals surface area contributed by atoms with Crippen molar-refractivity contribution in [2.75, 3.05) is 39.0 Å². The number of fused-ring (bicyclic) bond motifs is 1. The van der Waals surface area contributed by atoms with Gasteiger partial charge in [0.15, 0.2) is 0 Å². The van der Waals surface area contributed by atoms with Crippen molar-refractivity contribution < 1.29 is 8.42 Å². The number of rotatable bonds is 2. The van der Waals surface area contributed by atoms with E-state index in [1.807, 2.05) is 0 Å². The van der Waals surface area contributed by atoms with Gasteiger partial charge in [0.05, 0.1) is 6.26 Å². The fraction of sp³-hybridized carbons (Fsp3) is 1.00. The van der Waals surface area contributed by atoms with Crippen molar-refractivity contribution in [3.8, 4) is 0 Å². The van der Waals surface area contributed by atoms with Crippen LogP contribution in [0.15, 0.2) is 0 Å². The molecule has 0 spiro atoms. The Bertz CT molecular complexity index is 500. The Morgan fingerprint density at radius 3 is 2.27 bits per heavy atom. The largest absolute Gasteiger partial charge is 0.298 e. The van der Waals surface area contributed by atoms with Crippen molar-refractivity contribution in [1.82, 2.24) is 14.1 Å². The van der Waals surface area contributed by atoms with Crippen molar-refractivity contribution in [2.24, 2.45) is 0 Å². The monoisotopic (exact) mass is 329 g/mol. The van der Waals surface area contributed by atoms with E-state index in [1.165, 1.54) is 38.4 Å². The van der Waals surface area contributed by atoms with Crippen LogP contribution in [0.2, 0.25) is 0 Å². The molecule has 5 nitrogen and oxygen atoms in total. The Kier molecular flexibility index (Phi) is 4.58. The molecule has 1 unspecified atom stereocenters. The maximum atomic E-state index is 12.0. The predicted octanol–water partition coefficient (Wildman–Crippen LogP) is 1.36. The molecule has 1 aliphatic carbocycles. The van der Waals surface area contributed by atoms with Gasteiger partial charge in [0, 0.05) is 50.3 Å². The van der Waals surface area contributed by atoms with Crippen LogP contribution in [-0.2, 0) is 10.0 Å². The summed E-state index contributed by atoms with van der Waals surface area (Å²) in [6.07, 6.45) is 8.10.